The van der Waals surface area contributed by atoms with Gasteiger partial charge in [0.1, 0.15) is 5.75 Å². The highest BCUT2D eigenvalue weighted by atomic mass is 32.4. The van der Waals surface area contributed by atoms with E-state index >= 15 is 0 Å². The van der Waals surface area contributed by atoms with Crippen LogP contribution in [0.1, 0.15) is 16.7 Å². The van der Waals surface area contributed by atoms with Gasteiger partial charge in [-0.25, -0.2) is 8.42 Å². The van der Waals surface area contributed by atoms with E-state index in [4.69, 9.17) is 16.5 Å². The van der Waals surface area contributed by atoms with E-state index in [0.29, 0.717) is 11.4 Å². The van der Waals surface area contributed by atoms with Crippen molar-refractivity contribution < 1.29 is 13.2 Å². The number of benzene rings is 5. The lowest BCUT2D eigenvalue weighted by Gasteiger charge is -2.30. The minimum Gasteiger partial charge on any atom is -0.497 e. The molecule has 0 amide bonds. The molecule has 0 heterocycles. The zero-order valence-electron chi connectivity index (χ0n) is 23.5. The van der Waals surface area contributed by atoms with Gasteiger partial charge < -0.3 is 4.74 Å². The molecule has 0 aromatic heterocycles. The lowest BCUT2D eigenvalue weighted by molar-refractivity contribution is 0.414. The fourth-order valence-electron chi connectivity index (χ4n) is 4.70. The molecule has 0 unspecified atom stereocenters. The molecule has 5 aromatic rings. The molecule has 7 heteroatoms. The third-order valence-electron chi connectivity index (χ3n) is 7.02. The van der Waals surface area contributed by atoms with Crippen molar-refractivity contribution in [1.82, 2.24) is 4.31 Å². The van der Waals surface area contributed by atoms with Crippen molar-refractivity contribution in [3.63, 3.8) is 0 Å². The SMILES string of the molecule is COc1ccc(/C(=C\P(=S)(c2ccccc2)c2ccccc2)N(Cc2ccccc2)S(=O)(=O)c2ccc(C)cc2)cc1. The van der Waals surface area contributed by atoms with E-state index in [1.807, 2.05) is 140 Å². The van der Waals surface area contributed by atoms with Crippen molar-refractivity contribution in [2.75, 3.05) is 7.11 Å². The molecule has 42 heavy (non-hydrogen) atoms. The second-order valence-electron chi connectivity index (χ2n) is 9.88. The summed E-state index contributed by atoms with van der Waals surface area (Å²) in [5, 5.41) is 1.95. The van der Waals surface area contributed by atoms with E-state index in [1.54, 1.807) is 19.2 Å². The van der Waals surface area contributed by atoms with Crippen LogP contribution in [-0.2, 0) is 28.4 Å². The third-order valence-corrected chi connectivity index (χ3v) is 13.1. The largest absolute Gasteiger partial charge is 0.497 e. The zero-order valence-corrected chi connectivity index (χ0v) is 26.0. The number of methoxy groups -OCH3 is 1. The molecule has 212 valence electrons. The van der Waals surface area contributed by atoms with Gasteiger partial charge in [-0.15, -0.1) is 0 Å². The number of hydrogen-bond donors (Lipinski definition) is 0. The lowest BCUT2D eigenvalue weighted by atomic mass is 10.1. The Kier molecular flexibility index (Phi) is 9.08. The van der Waals surface area contributed by atoms with Crippen molar-refractivity contribution >= 4 is 44.2 Å². The van der Waals surface area contributed by atoms with Gasteiger partial charge in [-0.05, 0) is 70.9 Å². The van der Waals surface area contributed by atoms with Crippen LogP contribution in [0.2, 0.25) is 0 Å². The molecule has 0 fully saturated rings. The third kappa shape index (κ3) is 6.42. The van der Waals surface area contributed by atoms with Gasteiger partial charge in [-0.3, -0.25) is 4.31 Å². The normalized spacial score (nSPS) is 12.1. The van der Waals surface area contributed by atoms with Crippen LogP contribution in [0.15, 0.2) is 150 Å². The summed E-state index contributed by atoms with van der Waals surface area (Å²) in [5.41, 5.74) is 3.10. The summed E-state index contributed by atoms with van der Waals surface area (Å²) in [6.45, 7) is 2.07. The molecule has 0 N–H and O–H groups in total. The van der Waals surface area contributed by atoms with Crippen LogP contribution in [0.4, 0.5) is 0 Å². The van der Waals surface area contributed by atoms with E-state index in [0.717, 1.165) is 27.3 Å². The highest BCUT2D eigenvalue weighted by Gasteiger charge is 2.31. The standard InChI is InChI=1S/C35H32NO3PS2/c1-28-18-24-34(25-19-28)42(37,38)36(26-29-12-6-3-7-13-29)35(30-20-22-31(39-2)23-21-30)27-40(41,32-14-8-4-9-15-32)33-16-10-5-11-17-33/h3-25,27H,26H2,1-2H3/b35-27+. The second-order valence-corrected chi connectivity index (χ2v) is 16.1. The molecular weight excluding hydrogens is 577 g/mol. The Bertz CT molecular complexity index is 1760. The van der Waals surface area contributed by atoms with E-state index in [2.05, 4.69) is 0 Å². The van der Waals surface area contributed by atoms with Crippen LogP contribution < -0.4 is 15.3 Å². The molecule has 5 aromatic carbocycles. The minimum atomic E-state index is -4.01. The first kappa shape index (κ1) is 29.5. The number of rotatable bonds is 10. The predicted octanol–water partition coefficient (Wildman–Crippen LogP) is 7.32. The Balaban J connectivity index is 1.82. The van der Waals surface area contributed by atoms with Crippen molar-refractivity contribution in [3.05, 3.63) is 162 Å². The molecule has 0 aliphatic carbocycles. The fourth-order valence-corrected chi connectivity index (χ4v) is 9.74. The molecule has 0 atom stereocenters. The monoisotopic (exact) mass is 609 g/mol. The maximum Gasteiger partial charge on any atom is 0.264 e. The van der Waals surface area contributed by atoms with Gasteiger partial charge in [0.15, 0.2) is 0 Å². The number of hydrogen-bond acceptors (Lipinski definition) is 4. The van der Waals surface area contributed by atoms with Crippen LogP contribution in [-0.4, -0.2) is 19.8 Å². The topological polar surface area (TPSA) is 46.6 Å². The van der Waals surface area contributed by atoms with Crippen molar-refractivity contribution in [1.29, 1.82) is 0 Å². The van der Waals surface area contributed by atoms with Gasteiger partial charge in [0.05, 0.1) is 24.2 Å². The van der Waals surface area contributed by atoms with Gasteiger partial charge >= 0.3 is 0 Å². The molecule has 0 bridgehead atoms. The number of aryl methyl sites for hydroxylation is 1. The van der Waals surface area contributed by atoms with Crippen LogP contribution in [0.25, 0.3) is 5.70 Å². The lowest BCUT2D eigenvalue weighted by Crippen LogP contribution is -2.30. The first-order chi connectivity index (χ1) is 20.3. The Morgan fingerprint density at radius 1 is 0.738 bits per heavy atom. The van der Waals surface area contributed by atoms with Crippen LogP contribution >= 0.6 is 6.04 Å². The molecule has 4 nitrogen and oxygen atoms in total. The quantitative estimate of drug-likeness (QED) is 0.156. The first-order valence-corrected chi connectivity index (χ1v) is 17.8. The smallest absolute Gasteiger partial charge is 0.264 e. The summed E-state index contributed by atoms with van der Waals surface area (Å²) in [4.78, 5) is 0.219. The van der Waals surface area contributed by atoms with Gasteiger partial charge in [-0.2, -0.15) is 0 Å². The molecule has 0 aliphatic heterocycles. The van der Waals surface area contributed by atoms with E-state index < -0.39 is 16.1 Å². The highest BCUT2D eigenvalue weighted by molar-refractivity contribution is 8.23. The van der Waals surface area contributed by atoms with Gasteiger partial charge in [0, 0.05) is 6.04 Å². The van der Waals surface area contributed by atoms with E-state index in [1.165, 1.54) is 4.31 Å². The van der Waals surface area contributed by atoms with Crippen molar-refractivity contribution in [3.8, 4) is 5.75 Å². The van der Waals surface area contributed by atoms with E-state index in [-0.39, 0.29) is 11.4 Å². The molecule has 0 saturated carbocycles. The van der Waals surface area contributed by atoms with Gasteiger partial charge in [-0.1, -0.05) is 120 Å². The number of ether oxygens (including phenoxy) is 1. The first-order valence-electron chi connectivity index (χ1n) is 13.5. The molecule has 0 spiro atoms. The molecule has 0 radical (unpaired) electrons. The van der Waals surface area contributed by atoms with Crippen molar-refractivity contribution in [2.45, 2.75) is 18.4 Å². The van der Waals surface area contributed by atoms with Crippen LogP contribution in [0.5, 0.6) is 5.75 Å². The Morgan fingerprint density at radius 2 is 1.24 bits per heavy atom. The Morgan fingerprint density at radius 3 is 1.74 bits per heavy atom. The number of sulfonamides is 1. The Labute approximate surface area is 254 Å². The number of nitrogens with zero attached hydrogens (tertiary/aromatic N) is 1. The molecule has 5 rings (SSSR count). The predicted molar refractivity (Wildman–Crippen MR) is 178 cm³/mol. The summed E-state index contributed by atoms with van der Waals surface area (Å²) >= 11 is 6.59. The molecule has 0 saturated heterocycles. The zero-order chi connectivity index (χ0) is 29.6. The van der Waals surface area contributed by atoms with Gasteiger partial charge in [0.2, 0.25) is 0 Å². The average Bonchev–Trinajstić information content (AvgIpc) is 3.04. The minimum absolute atomic E-state index is 0.133. The summed E-state index contributed by atoms with van der Waals surface area (Å²) in [6.07, 6.45) is 0. The van der Waals surface area contributed by atoms with E-state index in [9.17, 15) is 8.42 Å². The molecular formula is C35H32NO3PS2. The summed E-state index contributed by atoms with van der Waals surface area (Å²) in [7, 11) is -2.40. The summed E-state index contributed by atoms with van der Waals surface area (Å²) in [5.74, 6) is 2.70. The average molecular weight is 610 g/mol. The molecule has 0 aliphatic rings. The van der Waals surface area contributed by atoms with Crippen LogP contribution in [0.3, 0.4) is 0 Å². The fraction of sp³-hybridized carbons (Fsp3) is 0.0857. The van der Waals surface area contributed by atoms with Gasteiger partial charge in [0.25, 0.3) is 10.0 Å². The summed E-state index contributed by atoms with van der Waals surface area (Å²) in [6, 6.07) is 41.4. The van der Waals surface area contributed by atoms with Crippen LogP contribution in [0, 0.1) is 6.92 Å². The van der Waals surface area contributed by atoms with Crippen molar-refractivity contribution in [2.24, 2.45) is 0 Å². The second kappa shape index (κ2) is 12.9. The summed E-state index contributed by atoms with van der Waals surface area (Å²) < 4.78 is 36.1. The maximum atomic E-state index is 14.6. The Hall–Kier alpha value is -3.96. The highest BCUT2D eigenvalue weighted by Crippen LogP contribution is 2.49. The maximum absolute atomic E-state index is 14.6.